The fraction of sp³-hybridized carbons (Fsp3) is 0.259. The first-order chi connectivity index (χ1) is 18.3. The van der Waals surface area contributed by atoms with Crippen molar-refractivity contribution in [3.05, 3.63) is 96.1 Å². The average Bonchev–Trinajstić information content (AvgIpc) is 3.72. The Hall–Kier alpha value is -2.59. The van der Waals surface area contributed by atoms with Crippen LogP contribution < -0.4 is 22.4 Å². The molecule has 4 aromatic rings. The summed E-state index contributed by atoms with van der Waals surface area (Å²) in [5, 5.41) is 0.194. The number of nitrogens with one attached hydrogen (secondary N) is 2. The molecule has 2 N–H and O–H groups in total. The minimum Gasteiger partial charge on any atom is -1.00 e. The Labute approximate surface area is 261 Å². The van der Waals surface area contributed by atoms with Crippen LogP contribution in [0.1, 0.15) is 35.6 Å². The summed E-state index contributed by atoms with van der Waals surface area (Å²) < 4.78 is 0. The largest absolute Gasteiger partial charge is 1.00 e. The number of halogens is 3. The monoisotopic (exact) mass is 770 g/mol. The van der Waals surface area contributed by atoms with Gasteiger partial charge in [0.2, 0.25) is 0 Å². The molecule has 0 spiro atoms. The summed E-state index contributed by atoms with van der Waals surface area (Å²) in [6.07, 6.45) is 16.5. The molecule has 0 bridgehead atoms. The maximum Gasteiger partial charge on any atom is 0.0967 e. The van der Waals surface area contributed by atoms with E-state index in [1.807, 2.05) is 73.4 Å². The zero-order valence-electron chi connectivity index (χ0n) is 21.3. The van der Waals surface area contributed by atoms with Crippen molar-refractivity contribution in [3.63, 3.8) is 0 Å². The predicted octanol–water partition coefficient (Wildman–Crippen LogP) is 2.22. The Morgan fingerprint density at radius 3 is 1.31 bits per heavy atom. The summed E-state index contributed by atoms with van der Waals surface area (Å²) in [4.78, 5) is 31.5. The third-order valence-electron chi connectivity index (χ3n) is 4.45. The van der Waals surface area contributed by atoms with E-state index in [0.29, 0.717) is 0 Å². The van der Waals surface area contributed by atoms with Gasteiger partial charge in [-0.15, -0.1) is 34.6 Å². The van der Waals surface area contributed by atoms with Crippen LogP contribution in [0.15, 0.2) is 93.3 Å². The summed E-state index contributed by atoms with van der Waals surface area (Å²) in [5.74, 6) is 0. The molecule has 0 fully saturated rings. The number of aliphatic imine (C=N–C) groups is 4. The number of nitrogens with zero attached hydrogens (tertiary/aromatic N) is 6. The van der Waals surface area contributed by atoms with Crippen LogP contribution >= 0.6 is 23.2 Å². The summed E-state index contributed by atoms with van der Waals surface area (Å²) in [6, 6.07) is 15.6. The molecule has 215 valence electrons. The molecular formula is C27H32AuCl3N8-3. The summed E-state index contributed by atoms with van der Waals surface area (Å²) in [5.41, 5.74) is 3.91. The van der Waals surface area contributed by atoms with Crippen molar-refractivity contribution in [1.82, 2.24) is 19.9 Å². The normalized spacial score (nSPS) is 10.7. The van der Waals surface area contributed by atoms with Crippen LogP contribution in [-0.4, -0.2) is 66.3 Å². The molecule has 0 saturated heterocycles. The second-order valence-corrected chi connectivity index (χ2v) is 8.13. The molecule has 4 rings (SSSR count). The van der Waals surface area contributed by atoms with E-state index < -0.39 is 0 Å². The van der Waals surface area contributed by atoms with Crippen LogP contribution in [-0.2, 0) is 22.4 Å². The van der Waals surface area contributed by atoms with Crippen LogP contribution in [0.2, 0.25) is 0 Å². The Balaban J connectivity index is 0.000000643. The van der Waals surface area contributed by atoms with E-state index >= 15 is 0 Å². The Morgan fingerprint density at radius 2 is 1.00 bits per heavy atom. The van der Waals surface area contributed by atoms with Crippen molar-refractivity contribution >= 4 is 48.1 Å². The smallest absolute Gasteiger partial charge is 0.0967 e. The van der Waals surface area contributed by atoms with E-state index in [9.17, 15) is 0 Å². The molecule has 0 atom stereocenters. The molecule has 1 radical (unpaired) electrons. The fourth-order valence-corrected chi connectivity index (χ4v) is 2.78. The molecule has 0 unspecified atom stereocenters. The van der Waals surface area contributed by atoms with E-state index in [-0.39, 0.29) is 40.1 Å². The van der Waals surface area contributed by atoms with E-state index in [1.54, 1.807) is 24.8 Å². The first kappa shape index (κ1) is 36.4. The van der Waals surface area contributed by atoms with Gasteiger partial charge >= 0.3 is 0 Å². The SMILES string of the molecule is C(=NCCCN=Cc1ccc[n-]1)c1ccc[n-]1.C(=NCCCN=Cc1ccc[nH]1)c1ccc[nH]1.ClCCl.[Au].[Cl-]. The molecule has 39 heavy (non-hydrogen) atoms. The van der Waals surface area contributed by atoms with Gasteiger partial charge in [0.05, 0.1) is 16.7 Å². The van der Waals surface area contributed by atoms with Crippen LogP contribution in [0, 0.1) is 0 Å². The van der Waals surface area contributed by atoms with Gasteiger partial charge in [0.25, 0.3) is 0 Å². The summed E-state index contributed by atoms with van der Waals surface area (Å²) in [6.45, 7) is 3.17. The average molecular weight is 772 g/mol. The second-order valence-electron chi connectivity index (χ2n) is 7.32. The number of hydrogen-bond acceptors (Lipinski definition) is 4. The number of aromatic nitrogens is 4. The van der Waals surface area contributed by atoms with Crippen molar-refractivity contribution < 1.29 is 34.8 Å². The van der Waals surface area contributed by atoms with Gasteiger partial charge < -0.3 is 32.3 Å². The topological polar surface area (TPSA) is 109 Å². The Bertz CT molecular complexity index is 943. The zero-order chi connectivity index (χ0) is 26.2. The summed E-state index contributed by atoms with van der Waals surface area (Å²) >= 11 is 9.53. The molecule has 4 aromatic heterocycles. The first-order valence-electron chi connectivity index (χ1n) is 11.8. The van der Waals surface area contributed by atoms with Crippen LogP contribution in [0.5, 0.6) is 0 Å². The first-order valence-corrected chi connectivity index (χ1v) is 12.9. The van der Waals surface area contributed by atoms with Gasteiger partial charge in [-0.25, -0.2) is 0 Å². The molecule has 12 heteroatoms. The third kappa shape index (κ3) is 19.2. The standard InChI is InChI=1S/C13H16N4.C13H14N4.CH2Cl2.Au.ClH/c2*1-4-12(16-8-1)10-14-6-3-7-15-11-13-5-2-9-17-13;2-1-3;;/h1-2,4-5,8-11,16-17H,3,6-7H2;1-2,4-5,8-11H,3,6-7H2;1H2;;1H/q;-2;;;/p-1. The van der Waals surface area contributed by atoms with Crippen LogP contribution in [0.4, 0.5) is 0 Å². The van der Waals surface area contributed by atoms with Gasteiger partial charge in [-0.1, -0.05) is 24.3 Å². The van der Waals surface area contributed by atoms with E-state index in [1.165, 1.54) is 0 Å². The van der Waals surface area contributed by atoms with Gasteiger partial charge in [0, 0.05) is 85.8 Å². The maximum absolute atomic E-state index is 4.76. The maximum atomic E-state index is 4.76. The van der Waals surface area contributed by atoms with Crippen LogP contribution in [0.25, 0.3) is 0 Å². The van der Waals surface area contributed by atoms with Gasteiger partial charge in [-0.05, 0) is 37.1 Å². The van der Waals surface area contributed by atoms with Crippen molar-refractivity contribution in [3.8, 4) is 0 Å². The zero-order valence-corrected chi connectivity index (χ0v) is 25.7. The van der Waals surface area contributed by atoms with E-state index in [0.717, 1.165) is 61.8 Å². The molecule has 0 aliphatic carbocycles. The number of H-pyrrole nitrogens is 2. The molecule has 4 heterocycles. The van der Waals surface area contributed by atoms with Gasteiger partial charge in [-0.3, -0.25) is 20.0 Å². The Morgan fingerprint density at radius 1 is 0.615 bits per heavy atom. The van der Waals surface area contributed by atoms with Crippen molar-refractivity contribution in [1.29, 1.82) is 0 Å². The van der Waals surface area contributed by atoms with E-state index in [2.05, 4.69) is 39.9 Å². The second kappa shape index (κ2) is 25.7. The molecule has 0 amide bonds. The van der Waals surface area contributed by atoms with Gasteiger partial charge in [0.15, 0.2) is 0 Å². The van der Waals surface area contributed by atoms with Crippen LogP contribution in [0.3, 0.4) is 0 Å². The minimum absolute atomic E-state index is 0. The fourth-order valence-electron chi connectivity index (χ4n) is 2.78. The number of hydrogen-bond donors (Lipinski definition) is 2. The Kier molecular flexibility index (Phi) is 24.0. The molecule has 0 saturated carbocycles. The minimum atomic E-state index is 0. The van der Waals surface area contributed by atoms with Crippen molar-refractivity contribution in [2.45, 2.75) is 12.8 Å². The molecular weight excluding hydrogens is 740 g/mol. The van der Waals surface area contributed by atoms with E-state index in [4.69, 9.17) is 23.2 Å². The van der Waals surface area contributed by atoms with Gasteiger partial charge in [-0.2, -0.15) is 12.4 Å². The molecule has 0 aliphatic heterocycles. The van der Waals surface area contributed by atoms with Crippen molar-refractivity contribution in [2.24, 2.45) is 20.0 Å². The summed E-state index contributed by atoms with van der Waals surface area (Å²) in [7, 11) is 0. The number of alkyl halides is 2. The van der Waals surface area contributed by atoms with Gasteiger partial charge in [0.1, 0.15) is 0 Å². The number of rotatable bonds is 12. The quantitative estimate of drug-likeness (QED) is 0.0999. The predicted molar refractivity (Wildman–Crippen MR) is 157 cm³/mol. The third-order valence-corrected chi connectivity index (χ3v) is 4.45. The van der Waals surface area contributed by atoms with Crippen molar-refractivity contribution in [2.75, 3.05) is 31.5 Å². The number of aromatic amines is 2. The molecule has 0 aliphatic rings. The molecule has 8 nitrogen and oxygen atoms in total. The molecule has 0 aromatic carbocycles.